The van der Waals surface area contributed by atoms with E-state index in [9.17, 15) is 8.42 Å². The number of nitrogens with zero attached hydrogens (tertiary/aromatic N) is 1. The first-order chi connectivity index (χ1) is 9.34. The molecule has 0 bridgehead atoms. The molecule has 2 N–H and O–H groups in total. The van der Waals surface area contributed by atoms with Crippen molar-refractivity contribution < 1.29 is 13.5 Å². The third-order valence-electron chi connectivity index (χ3n) is 3.23. The van der Waals surface area contributed by atoms with E-state index in [0.29, 0.717) is 24.7 Å². The van der Waals surface area contributed by atoms with Gasteiger partial charge in [-0.2, -0.15) is 0 Å². The zero-order valence-corrected chi connectivity index (χ0v) is 13.2. The zero-order chi connectivity index (χ0) is 15.2. The Hall–Kier alpha value is -0.950. The predicted octanol–water partition coefficient (Wildman–Crippen LogP) is 0.938. The largest absolute Gasteiger partial charge is 0.392 e. The number of rotatable bonds is 8. The summed E-state index contributed by atoms with van der Waals surface area (Å²) in [6, 6.07) is 7.32. The average molecular weight is 300 g/mol. The Labute approximate surface area is 121 Å². The van der Waals surface area contributed by atoms with Gasteiger partial charge in [-0.15, -0.1) is 0 Å². The second-order valence-corrected chi connectivity index (χ2v) is 7.01. The highest BCUT2D eigenvalue weighted by molar-refractivity contribution is 7.88. The minimum Gasteiger partial charge on any atom is -0.392 e. The van der Waals surface area contributed by atoms with Crippen LogP contribution >= 0.6 is 0 Å². The van der Waals surface area contributed by atoms with Crippen molar-refractivity contribution in [1.29, 1.82) is 0 Å². The molecule has 0 radical (unpaired) electrons. The van der Waals surface area contributed by atoms with Gasteiger partial charge in [-0.1, -0.05) is 24.3 Å². The van der Waals surface area contributed by atoms with Crippen LogP contribution in [0.1, 0.15) is 25.0 Å². The minimum atomic E-state index is -3.31. The molecule has 0 spiro atoms. The van der Waals surface area contributed by atoms with E-state index in [1.54, 1.807) is 24.3 Å². The van der Waals surface area contributed by atoms with Crippen molar-refractivity contribution >= 4 is 10.0 Å². The Morgan fingerprint density at radius 2 is 1.75 bits per heavy atom. The molecule has 20 heavy (non-hydrogen) atoms. The van der Waals surface area contributed by atoms with Crippen LogP contribution in [0.15, 0.2) is 24.3 Å². The molecule has 0 aliphatic rings. The van der Waals surface area contributed by atoms with E-state index < -0.39 is 10.0 Å². The van der Waals surface area contributed by atoms with E-state index in [4.69, 9.17) is 5.11 Å². The van der Waals surface area contributed by atoms with Gasteiger partial charge in [-0.3, -0.25) is 0 Å². The average Bonchev–Trinajstić information content (AvgIpc) is 2.38. The lowest BCUT2D eigenvalue weighted by molar-refractivity contribution is 0.278. The molecule has 0 atom stereocenters. The molecule has 6 heteroatoms. The molecule has 0 aromatic heterocycles. The standard InChI is InChI=1S/C14H24N2O3S/c1-12(2)16(3)9-8-15-20(18,19)11-14-6-4-13(10-17)5-7-14/h4-7,12,15,17H,8-11H2,1-3H3. The highest BCUT2D eigenvalue weighted by Gasteiger charge is 2.12. The van der Waals surface area contributed by atoms with Gasteiger partial charge in [0.1, 0.15) is 0 Å². The van der Waals surface area contributed by atoms with Gasteiger partial charge in [-0.05, 0) is 32.0 Å². The van der Waals surface area contributed by atoms with Gasteiger partial charge in [0.15, 0.2) is 0 Å². The third-order valence-corrected chi connectivity index (χ3v) is 4.59. The maximum absolute atomic E-state index is 11.9. The monoisotopic (exact) mass is 300 g/mol. The first kappa shape index (κ1) is 17.1. The second-order valence-electron chi connectivity index (χ2n) is 5.20. The summed E-state index contributed by atoms with van der Waals surface area (Å²) < 4.78 is 26.5. The lowest BCUT2D eigenvalue weighted by Gasteiger charge is -2.20. The van der Waals surface area contributed by atoms with Crippen LogP contribution in [-0.2, 0) is 22.4 Å². The van der Waals surface area contributed by atoms with Crippen LogP contribution in [0.25, 0.3) is 0 Å². The van der Waals surface area contributed by atoms with Crippen molar-refractivity contribution in [2.45, 2.75) is 32.2 Å². The maximum atomic E-state index is 11.9. The van der Waals surface area contributed by atoms with Gasteiger partial charge >= 0.3 is 0 Å². The molecule has 0 saturated heterocycles. The van der Waals surface area contributed by atoms with Crippen molar-refractivity contribution in [1.82, 2.24) is 9.62 Å². The van der Waals surface area contributed by atoms with Crippen LogP contribution in [0.5, 0.6) is 0 Å². The summed E-state index contributed by atoms with van der Waals surface area (Å²) in [5.41, 5.74) is 1.49. The Bertz CT molecular complexity index is 498. The minimum absolute atomic E-state index is 0.0349. The van der Waals surface area contributed by atoms with Gasteiger partial charge in [0, 0.05) is 19.1 Å². The topological polar surface area (TPSA) is 69.6 Å². The van der Waals surface area contributed by atoms with Crippen molar-refractivity contribution in [3.8, 4) is 0 Å². The molecular weight excluding hydrogens is 276 g/mol. The Morgan fingerprint density at radius 1 is 1.20 bits per heavy atom. The van der Waals surface area contributed by atoms with E-state index in [2.05, 4.69) is 23.5 Å². The van der Waals surface area contributed by atoms with Gasteiger partial charge in [-0.25, -0.2) is 13.1 Å². The SMILES string of the molecule is CC(C)N(C)CCNS(=O)(=O)Cc1ccc(CO)cc1. The summed E-state index contributed by atoms with van der Waals surface area (Å²) in [6.07, 6.45) is 0. The highest BCUT2D eigenvalue weighted by atomic mass is 32.2. The van der Waals surface area contributed by atoms with Crippen LogP contribution in [-0.4, -0.2) is 44.6 Å². The quantitative estimate of drug-likeness (QED) is 0.749. The maximum Gasteiger partial charge on any atom is 0.215 e. The number of hydrogen-bond donors (Lipinski definition) is 2. The molecule has 1 rings (SSSR count). The van der Waals surface area contributed by atoms with Gasteiger partial charge in [0.25, 0.3) is 0 Å². The van der Waals surface area contributed by atoms with Crippen LogP contribution in [0.3, 0.4) is 0 Å². The second kappa shape index (κ2) is 7.73. The number of aliphatic hydroxyl groups excluding tert-OH is 1. The molecule has 5 nitrogen and oxygen atoms in total. The zero-order valence-electron chi connectivity index (χ0n) is 12.3. The van der Waals surface area contributed by atoms with Gasteiger partial charge < -0.3 is 10.0 Å². The van der Waals surface area contributed by atoms with E-state index in [-0.39, 0.29) is 12.4 Å². The molecule has 0 aliphatic carbocycles. The van der Waals surface area contributed by atoms with Crippen LogP contribution < -0.4 is 4.72 Å². The van der Waals surface area contributed by atoms with Crippen LogP contribution in [0, 0.1) is 0 Å². The van der Waals surface area contributed by atoms with Gasteiger partial charge in [0.2, 0.25) is 10.0 Å². The Morgan fingerprint density at radius 3 is 2.25 bits per heavy atom. The smallest absolute Gasteiger partial charge is 0.215 e. The fourth-order valence-corrected chi connectivity index (χ4v) is 2.78. The molecular formula is C14H24N2O3S. The van der Waals surface area contributed by atoms with E-state index in [1.807, 2.05) is 7.05 Å². The van der Waals surface area contributed by atoms with Crippen LogP contribution in [0.2, 0.25) is 0 Å². The summed E-state index contributed by atoms with van der Waals surface area (Å²) >= 11 is 0. The summed E-state index contributed by atoms with van der Waals surface area (Å²) in [5, 5.41) is 8.94. The van der Waals surface area contributed by atoms with Crippen molar-refractivity contribution in [2.24, 2.45) is 0 Å². The first-order valence-corrected chi connectivity index (χ1v) is 8.35. The highest BCUT2D eigenvalue weighted by Crippen LogP contribution is 2.07. The molecule has 114 valence electrons. The Kier molecular flexibility index (Phi) is 6.61. The van der Waals surface area contributed by atoms with Gasteiger partial charge in [0.05, 0.1) is 12.4 Å². The molecule has 0 aliphatic heterocycles. The van der Waals surface area contributed by atoms with E-state index in [0.717, 1.165) is 5.56 Å². The molecule has 0 unspecified atom stereocenters. The van der Waals surface area contributed by atoms with Crippen molar-refractivity contribution in [3.63, 3.8) is 0 Å². The molecule has 1 aromatic carbocycles. The summed E-state index contributed by atoms with van der Waals surface area (Å²) in [6.45, 7) is 5.19. The number of hydrogen-bond acceptors (Lipinski definition) is 4. The molecule has 0 amide bonds. The lowest BCUT2D eigenvalue weighted by atomic mass is 10.2. The number of sulfonamides is 1. The molecule has 0 fully saturated rings. The number of aliphatic hydroxyl groups is 1. The third kappa shape index (κ3) is 6.00. The summed E-state index contributed by atoms with van der Waals surface area (Å²) in [4.78, 5) is 2.08. The van der Waals surface area contributed by atoms with E-state index >= 15 is 0 Å². The first-order valence-electron chi connectivity index (χ1n) is 6.70. The molecule has 0 saturated carbocycles. The predicted molar refractivity (Wildman–Crippen MR) is 80.8 cm³/mol. The number of benzene rings is 1. The number of nitrogens with one attached hydrogen (secondary N) is 1. The van der Waals surface area contributed by atoms with Crippen LogP contribution in [0.4, 0.5) is 0 Å². The summed E-state index contributed by atoms with van der Waals surface area (Å²) in [5.74, 6) is -0.0376. The summed E-state index contributed by atoms with van der Waals surface area (Å²) in [7, 11) is -1.35. The number of likely N-dealkylation sites (N-methyl/N-ethyl adjacent to an activating group) is 1. The van der Waals surface area contributed by atoms with Crippen molar-refractivity contribution in [3.05, 3.63) is 35.4 Å². The molecule has 1 aromatic rings. The lowest BCUT2D eigenvalue weighted by Crippen LogP contribution is -2.36. The van der Waals surface area contributed by atoms with Crippen molar-refractivity contribution in [2.75, 3.05) is 20.1 Å². The Balaban J connectivity index is 2.48. The van der Waals surface area contributed by atoms with E-state index in [1.165, 1.54) is 0 Å². The normalized spacial score (nSPS) is 12.3. The molecule has 0 heterocycles. The fraction of sp³-hybridized carbons (Fsp3) is 0.571. The fourth-order valence-electron chi connectivity index (χ4n) is 1.65.